The van der Waals surface area contributed by atoms with E-state index < -0.39 is 5.97 Å². The van der Waals surface area contributed by atoms with Crippen molar-refractivity contribution < 1.29 is 18.7 Å². The number of anilines is 1. The summed E-state index contributed by atoms with van der Waals surface area (Å²) in [4.78, 5) is 26.5. The van der Waals surface area contributed by atoms with Crippen molar-refractivity contribution in [1.82, 2.24) is 4.90 Å². The van der Waals surface area contributed by atoms with Gasteiger partial charge in [0.15, 0.2) is 0 Å². The molecule has 0 aliphatic heterocycles. The van der Waals surface area contributed by atoms with E-state index in [1.165, 1.54) is 7.11 Å². The molecule has 0 saturated heterocycles. The Morgan fingerprint density at radius 2 is 1.83 bits per heavy atom. The number of nitrogens with one attached hydrogen (secondary N) is 1. The van der Waals surface area contributed by atoms with Crippen LogP contribution in [-0.4, -0.2) is 30.4 Å². The topological polar surface area (TPSA) is 71.8 Å². The van der Waals surface area contributed by atoms with Gasteiger partial charge in [-0.2, -0.15) is 0 Å². The van der Waals surface area contributed by atoms with Gasteiger partial charge < -0.3 is 14.5 Å². The Morgan fingerprint density at radius 1 is 1.03 bits per heavy atom. The predicted octanol–water partition coefficient (Wildman–Crippen LogP) is 4.02. The number of esters is 1. The minimum absolute atomic E-state index is 0.169. The fraction of sp³-hybridized carbons (Fsp3) is 0.217. The van der Waals surface area contributed by atoms with Crippen molar-refractivity contribution in [1.29, 1.82) is 0 Å². The number of benzene rings is 2. The molecule has 150 valence electrons. The maximum absolute atomic E-state index is 12.7. The van der Waals surface area contributed by atoms with Crippen LogP contribution in [0.4, 0.5) is 5.69 Å². The molecule has 1 heterocycles. The Balaban J connectivity index is 1.71. The van der Waals surface area contributed by atoms with Crippen LogP contribution in [0.2, 0.25) is 0 Å². The Kier molecular flexibility index (Phi) is 6.81. The monoisotopic (exact) mass is 392 g/mol. The molecule has 2 aromatic carbocycles. The molecular formula is C23H24N2O4. The van der Waals surface area contributed by atoms with Gasteiger partial charge in [0.1, 0.15) is 5.76 Å². The zero-order chi connectivity index (χ0) is 20.6. The summed E-state index contributed by atoms with van der Waals surface area (Å²) in [5, 5.41) is 2.91. The van der Waals surface area contributed by atoms with Crippen LogP contribution < -0.4 is 5.32 Å². The van der Waals surface area contributed by atoms with Gasteiger partial charge in [-0.25, -0.2) is 4.79 Å². The molecule has 1 aromatic heterocycles. The fourth-order valence-electron chi connectivity index (χ4n) is 3.03. The van der Waals surface area contributed by atoms with E-state index in [1.54, 1.807) is 24.5 Å². The molecule has 6 heteroatoms. The third-order valence-corrected chi connectivity index (χ3v) is 4.51. The van der Waals surface area contributed by atoms with E-state index in [2.05, 4.69) is 5.32 Å². The third kappa shape index (κ3) is 5.80. The Morgan fingerprint density at radius 3 is 2.52 bits per heavy atom. The first kappa shape index (κ1) is 20.4. The number of furan rings is 1. The molecule has 0 atom stereocenters. The normalized spacial score (nSPS) is 10.7. The largest absolute Gasteiger partial charge is 0.468 e. The SMILES string of the molecule is COC(=O)c1ccc(C)c(NC(=O)CN(Cc2ccccc2)Cc2ccco2)c1. The van der Waals surface area contributed by atoms with Gasteiger partial charge in [0, 0.05) is 12.2 Å². The van der Waals surface area contributed by atoms with Crippen molar-refractivity contribution >= 4 is 17.6 Å². The number of methoxy groups -OCH3 is 1. The van der Waals surface area contributed by atoms with Gasteiger partial charge >= 0.3 is 5.97 Å². The highest BCUT2D eigenvalue weighted by molar-refractivity contribution is 5.96. The molecule has 0 saturated carbocycles. The van der Waals surface area contributed by atoms with Gasteiger partial charge in [-0.15, -0.1) is 0 Å². The molecular weight excluding hydrogens is 368 g/mol. The lowest BCUT2D eigenvalue weighted by molar-refractivity contribution is -0.117. The molecule has 0 aliphatic rings. The Labute approximate surface area is 170 Å². The highest BCUT2D eigenvalue weighted by Gasteiger charge is 2.15. The van der Waals surface area contributed by atoms with Gasteiger partial charge in [0.2, 0.25) is 5.91 Å². The maximum atomic E-state index is 12.7. The number of aryl methyl sites for hydroxylation is 1. The predicted molar refractivity (Wildman–Crippen MR) is 110 cm³/mol. The van der Waals surface area contributed by atoms with E-state index in [0.29, 0.717) is 24.3 Å². The van der Waals surface area contributed by atoms with E-state index in [9.17, 15) is 9.59 Å². The molecule has 29 heavy (non-hydrogen) atoms. The van der Waals surface area contributed by atoms with E-state index in [1.807, 2.05) is 54.3 Å². The molecule has 1 amide bonds. The first-order valence-corrected chi connectivity index (χ1v) is 9.32. The molecule has 1 N–H and O–H groups in total. The third-order valence-electron chi connectivity index (χ3n) is 4.51. The van der Waals surface area contributed by atoms with Crippen LogP contribution in [0.25, 0.3) is 0 Å². The number of ether oxygens (including phenoxy) is 1. The zero-order valence-corrected chi connectivity index (χ0v) is 16.6. The lowest BCUT2D eigenvalue weighted by Gasteiger charge is -2.21. The van der Waals surface area contributed by atoms with Gasteiger partial charge in [0.25, 0.3) is 0 Å². The van der Waals surface area contributed by atoms with Crippen LogP contribution in [0.3, 0.4) is 0 Å². The number of nitrogens with zero attached hydrogens (tertiary/aromatic N) is 1. The average Bonchev–Trinajstić information content (AvgIpc) is 3.22. The minimum Gasteiger partial charge on any atom is -0.468 e. The summed E-state index contributed by atoms with van der Waals surface area (Å²) in [6.45, 7) is 3.17. The molecule has 0 unspecified atom stereocenters. The first-order chi connectivity index (χ1) is 14.0. The van der Waals surface area contributed by atoms with Crippen LogP contribution in [0, 0.1) is 6.92 Å². The summed E-state index contributed by atoms with van der Waals surface area (Å²) in [6, 6.07) is 18.8. The van der Waals surface area contributed by atoms with Crippen molar-refractivity contribution in [2.24, 2.45) is 0 Å². The van der Waals surface area contributed by atoms with Crippen molar-refractivity contribution in [2.75, 3.05) is 19.0 Å². The number of hydrogen-bond donors (Lipinski definition) is 1. The maximum Gasteiger partial charge on any atom is 0.337 e. The number of amides is 1. The molecule has 0 spiro atoms. The van der Waals surface area contributed by atoms with Gasteiger partial charge in [-0.1, -0.05) is 36.4 Å². The summed E-state index contributed by atoms with van der Waals surface area (Å²) < 4.78 is 10.2. The Bertz CT molecular complexity index is 952. The van der Waals surface area contributed by atoms with Crippen molar-refractivity contribution in [3.63, 3.8) is 0 Å². The van der Waals surface area contributed by atoms with Gasteiger partial charge in [-0.3, -0.25) is 9.69 Å². The highest BCUT2D eigenvalue weighted by Crippen LogP contribution is 2.18. The second-order valence-electron chi connectivity index (χ2n) is 6.78. The van der Waals surface area contributed by atoms with Crippen LogP contribution in [0.5, 0.6) is 0 Å². The van der Waals surface area contributed by atoms with Crippen molar-refractivity contribution in [3.8, 4) is 0 Å². The lowest BCUT2D eigenvalue weighted by atomic mass is 10.1. The van der Waals surface area contributed by atoms with Gasteiger partial charge in [0.05, 0.1) is 32.0 Å². The number of carbonyl (C=O) groups is 2. The van der Waals surface area contributed by atoms with Gasteiger partial charge in [-0.05, 0) is 42.3 Å². The summed E-state index contributed by atoms with van der Waals surface area (Å²) in [6.07, 6.45) is 1.62. The molecule has 6 nitrogen and oxygen atoms in total. The molecule has 0 aliphatic carbocycles. The molecule has 0 radical (unpaired) electrons. The molecule has 0 fully saturated rings. The lowest BCUT2D eigenvalue weighted by Crippen LogP contribution is -2.32. The fourth-order valence-corrected chi connectivity index (χ4v) is 3.03. The Hall–Kier alpha value is -3.38. The average molecular weight is 392 g/mol. The smallest absolute Gasteiger partial charge is 0.337 e. The summed E-state index contributed by atoms with van der Waals surface area (Å²) in [7, 11) is 1.33. The van der Waals surface area contributed by atoms with E-state index >= 15 is 0 Å². The highest BCUT2D eigenvalue weighted by atomic mass is 16.5. The summed E-state index contributed by atoms with van der Waals surface area (Å²) in [5.41, 5.74) is 2.96. The minimum atomic E-state index is -0.441. The second kappa shape index (κ2) is 9.71. The molecule has 3 aromatic rings. The van der Waals surface area contributed by atoms with Crippen LogP contribution in [-0.2, 0) is 22.6 Å². The van der Waals surface area contributed by atoms with Crippen molar-refractivity contribution in [3.05, 3.63) is 89.4 Å². The number of rotatable bonds is 8. The van der Waals surface area contributed by atoms with E-state index in [0.717, 1.165) is 16.9 Å². The number of hydrogen-bond acceptors (Lipinski definition) is 5. The van der Waals surface area contributed by atoms with Crippen LogP contribution >= 0.6 is 0 Å². The van der Waals surface area contributed by atoms with Crippen LogP contribution in [0.15, 0.2) is 71.3 Å². The summed E-state index contributed by atoms with van der Waals surface area (Å²) >= 11 is 0. The number of carbonyl (C=O) groups excluding carboxylic acids is 2. The van der Waals surface area contributed by atoms with Crippen molar-refractivity contribution in [2.45, 2.75) is 20.0 Å². The first-order valence-electron chi connectivity index (χ1n) is 9.32. The summed E-state index contributed by atoms with van der Waals surface area (Å²) in [5.74, 6) is 0.180. The quantitative estimate of drug-likeness (QED) is 0.587. The van der Waals surface area contributed by atoms with E-state index in [4.69, 9.17) is 9.15 Å². The second-order valence-corrected chi connectivity index (χ2v) is 6.78. The zero-order valence-electron chi connectivity index (χ0n) is 16.6. The molecule has 3 rings (SSSR count). The molecule has 0 bridgehead atoms. The van der Waals surface area contributed by atoms with Crippen LogP contribution in [0.1, 0.15) is 27.2 Å². The van der Waals surface area contributed by atoms with E-state index in [-0.39, 0.29) is 12.5 Å². The standard InChI is InChI=1S/C23H24N2O4/c1-17-10-11-19(23(27)28-2)13-21(17)24-22(26)16-25(15-20-9-6-12-29-20)14-18-7-4-3-5-8-18/h3-13H,14-16H2,1-2H3,(H,24,26).